The highest BCUT2D eigenvalue weighted by atomic mass is 32.2. The molecule has 3 aromatic rings. The molecule has 0 aliphatic heterocycles. The molecule has 0 aliphatic carbocycles. The van der Waals surface area contributed by atoms with Crippen LogP contribution in [-0.4, -0.2) is 21.9 Å². The molecule has 0 aromatic carbocycles. The highest BCUT2D eigenvalue weighted by Gasteiger charge is 2.14. The number of hydrogen-bond donors (Lipinski definition) is 1. The van der Waals surface area contributed by atoms with E-state index in [-0.39, 0.29) is 22.8 Å². The van der Waals surface area contributed by atoms with E-state index in [2.05, 4.69) is 15.5 Å². The van der Waals surface area contributed by atoms with Crippen molar-refractivity contribution in [2.45, 2.75) is 5.22 Å². The molecule has 1 N–H and O–H groups in total. The number of thiophene rings is 1. The van der Waals surface area contributed by atoms with Crippen molar-refractivity contribution in [2.75, 3.05) is 11.1 Å². The van der Waals surface area contributed by atoms with Crippen LogP contribution in [0.1, 0.15) is 5.56 Å². The lowest BCUT2D eigenvalue weighted by atomic mass is 10.3. The quantitative estimate of drug-likeness (QED) is 0.716. The van der Waals surface area contributed by atoms with Gasteiger partial charge in [-0.1, -0.05) is 11.8 Å². The van der Waals surface area contributed by atoms with Gasteiger partial charge in [-0.3, -0.25) is 4.79 Å². The fourth-order valence-corrected chi connectivity index (χ4v) is 2.87. The maximum absolute atomic E-state index is 11.8. The fourth-order valence-electron chi connectivity index (χ4n) is 1.55. The summed E-state index contributed by atoms with van der Waals surface area (Å²) < 4.78 is 10.5. The monoisotopic (exact) mass is 332 g/mol. The first kappa shape index (κ1) is 14.4. The molecule has 1 amide bonds. The van der Waals surface area contributed by atoms with Gasteiger partial charge in [0.1, 0.15) is 11.1 Å². The number of carbonyl (C=O) groups is 1. The normalized spacial score (nSPS) is 10.3. The van der Waals surface area contributed by atoms with Gasteiger partial charge in [0, 0.05) is 0 Å². The van der Waals surface area contributed by atoms with E-state index >= 15 is 0 Å². The largest absolute Gasteiger partial charge is 0.459 e. The number of anilines is 1. The number of furan rings is 1. The maximum atomic E-state index is 11.8. The summed E-state index contributed by atoms with van der Waals surface area (Å²) in [6.45, 7) is 0. The van der Waals surface area contributed by atoms with Crippen LogP contribution in [0.25, 0.3) is 11.7 Å². The van der Waals surface area contributed by atoms with Crippen LogP contribution < -0.4 is 5.32 Å². The molecular formula is C13H8N4O3S2. The van der Waals surface area contributed by atoms with Crippen LogP contribution in [-0.2, 0) is 4.79 Å². The van der Waals surface area contributed by atoms with E-state index in [4.69, 9.17) is 14.1 Å². The van der Waals surface area contributed by atoms with Crippen molar-refractivity contribution in [1.29, 1.82) is 5.26 Å². The van der Waals surface area contributed by atoms with Gasteiger partial charge in [-0.05, 0) is 23.6 Å². The first-order valence-corrected chi connectivity index (χ1v) is 7.90. The number of carbonyl (C=O) groups excluding carboxylic acids is 1. The summed E-state index contributed by atoms with van der Waals surface area (Å²) in [6.07, 6.45) is 1.51. The first-order valence-electron chi connectivity index (χ1n) is 6.04. The van der Waals surface area contributed by atoms with Gasteiger partial charge in [-0.25, -0.2) is 0 Å². The number of aromatic nitrogens is 2. The average Bonchev–Trinajstić information content (AvgIpc) is 3.25. The number of thioether (sulfide) groups is 1. The minimum atomic E-state index is -0.248. The van der Waals surface area contributed by atoms with Gasteiger partial charge in [0.15, 0.2) is 5.76 Å². The van der Waals surface area contributed by atoms with Crippen molar-refractivity contribution >= 4 is 34.0 Å². The summed E-state index contributed by atoms with van der Waals surface area (Å²) in [5.41, 5.74) is 0.446. The fraction of sp³-hybridized carbons (Fsp3) is 0.0769. The third-order valence-electron chi connectivity index (χ3n) is 2.50. The van der Waals surface area contributed by atoms with E-state index in [0.717, 1.165) is 11.8 Å². The van der Waals surface area contributed by atoms with Crippen molar-refractivity contribution in [3.8, 4) is 17.7 Å². The standard InChI is InChI=1S/C13H8N4O3S2/c14-6-8-3-5-21-12(8)15-10(18)7-22-13-17-16-11(20-13)9-2-1-4-19-9/h1-5H,7H2,(H,15,18). The van der Waals surface area contributed by atoms with Crippen LogP contribution in [0, 0.1) is 11.3 Å². The maximum Gasteiger partial charge on any atom is 0.284 e. The lowest BCUT2D eigenvalue weighted by Gasteiger charge is -2.00. The Balaban J connectivity index is 1.56. The van der Waals surface area contributed by atoms with Gasteiger partial charge in [-0.15, -0.1) is 21.5 Å². The Kier molecular flexibility index (Phi) is 4.22. The summed E-state index contributed by atoms with van der Waals surface area (Å²) >= 11 is 2.41. The highest BCUT2D eigenvalue weighted by molar-refractivity contribution is 7.99. The van der Waals surface area contributed by atoms with Crippen molar-refractivity contribution in [3.63, 3.8) is 0 Å². The molecule has 22 heavy (non-hydrogen) atoms. The second-order valence-corrected chi connectivity index (χ2v) is 5.81. The molecule has 0 unspecified atom stereocenters. The highest BCUT2D eigenvalue weighted by Crippen LogP contribution is 2.25. The average molecular weight is 332 g/mol. The Labute approximate surface area is 133 Å². The van der Waals surface area contributed by atoms with Gasteiger partial charge < -0.3 is 14.2 Å². The number of nitrogens with one attached hydrogen (secondary N) is 1. The van der Waals surface area contributed by atoms with Crippen molar-refractivity contribution in [2.24, 2.45) is 0 Å². The molecule has 0 spiro atoms. The summed E-state index contributed by atoms with van der Waals surface area (Å²) in [7, 11) is 0. The molecule has 7 nitrogen and oxygen atoms in total. The minimum absolute atomic E-state index is 0.0998. The predicted molar refractivity (Wildman–Crippen MR) is 80.4 cm³/mol. The van der Waals surface area contributed by atoms with Crippen molar-refractivity contribution < 1.29 is 13.6 Å². The van der Waals surface area contributed by atoms with Crippen molar-refractivity contribution in [3.05, 3.63) is 35.4 Å². The summed E-state index contributed by atoms with van der Waals surface area (Å²) in [4.78, 5) is 11.8. The smallest absolute Gasteiger partial charge is 0.284 e. The summed E-state index contributed by atoms with van der Waals surface area (Å²) in [5.74, 6) is 0.586. The topological polar surface area (TPSA) is 105 Å². The van der Waals surface area contributed by atoms with Crippen molar-refractivity contribution in [1.82, 2.24) is 10.2 Å². The predicted octanol–water partition coefficient (Wildman–Crippen LogP) is 2.99. The minimum Gasteiger partial charge on any atom is -0.459 e. The second kappa shape index (κ2) is 6.46. The molecule has 9 heteroatoms. The molecule has 110 valence electrons. The SMILES string of the molecule is N#Cc1ccsc1NC(=O)CSc1nnc(-c2ccco2)o1. The third kappa shape index (κ3) is 3.19. The van der Waals surface area contributed by atoms with E-state index in [0.29, 0.717) is 16.3 Å². The van der Waals surface area contributed by atoms with E-state index in [1.165, 1.54) is 17.6 Å². The lowest BCUT2D eigenvalue weighted by molar-refractivity contribution is -0.113. The molecule has 0 radical (unpaired) electrons. The van der Waals surface area contributed by atoms with E-state index in [1.54, 1.807) is 23.6 Å². The molecule has 0 fully saturated rings. The molecule has 0 atom stereocenters. The number of amides is 1. The molecule has 0 saturated heterocycles. The van der Waals surface area contributed by atoms with E-state index < -0.39 is 0 Å². The van der Waals surface area contributed by atoms with Gasteiger partial charge >= 0.3 is 0 Å². The number of rotatable bonds is 5. The zero-order valence-electron chi connectivity index (χ0n) is 11.0. The number of nitrogens with zero attached hydrogens (tertiary/aromatic N) is 3. The van der Waals surface area contributed by atoms with Crippen LogP contribution in [0.5, 0.6) is 0 Å². The van der Waals surface area contributed by atoms with Crippen LogP contribution in [0.2, 0.25) is 0 Å². The second-order valence-electron chi connectivity index (χ2n) is 3.96. The van der Waals surface area contributed by atoms with Crippen LogP contribution >= 0.6 is 23.1 Å². The number of hydrogen-bond acceptors (Lipinski definition) is 8. The summed E-state index contributed by atoms with van der Waals surface area (Å²) in [6, 6.07) is 7.08. The van der Waals surface area contributed by atoms with Crippen LogP contribution in [0.4, 0.5) is 5.00 Å². The Bertz CT molecular complexity index is 817. The van der Waals surface area contributed by atoms with Crippen LogP contribution in [0.3, 0.4) is 0 Å². The van der Waals surface area contributed by atoms with Gasteiger partial charge in [-0.2, -0.15) is 5.26 Å². The zero-order valence-corrected chi connectivity index (χ0v) is 12.6. The molecule has 0 saturated carbocycles. The summed E-state index contributed by atoms with van der Waals surface area (Å²) in [5, 5.41) is 21.8. The van der Waals surface area contributed by atoms with E-state index in [1.807, 2.05) is 6.07 Å². The number of nitriles is 1. The van der Waals surface area contributed by atoms with Gasteiger partial charge in [0.05, 0.1) is 17.6 Å². The molecule has 0 aliphatic rings. The molecule has 3 rings (SSSR count). The Hall–Kier alpha value is -2.57. The Morgan fingerprint density at radius 1 is 1.45 bits per heavy atom. The van der Waals surface area contributed by atoms with Gasteiger partial charge in [0.25, 0.3) is 11.1 Å². The third-order valence-corrected chi connectivity index (χ3v) is 4.15. The molecular weight excluding hydrogens is 324 g/mol. The Morgan fingerprint density at radius 3 is 3.14 bits per heavy atom. The first-order chi connectivity index (χ1) is 10.8. The zero-order chi connectivity index (χ0) is 15.4. The molecule has 0 bridgehead atoms. The molecule has 3 aromatic heterocycles. The van der Waals surface area contributed by atoms with Gasteiger partial charge in [0.2, 0.25) is 5.91 Å². The lowest BCUT2D eigenvalue weighted by Crippen LogP contribution is -2.13. The van der Waals surface area contributed by atoms with Crippen LogP contribution in [0.15, 0.2) is 43.9 Å². The Morgan fingerprint density at radius 2 is 2.36 bits per heavy atom. The van der Waals surface area contributed by atoms with E-state index in [9.17, 15) is 4.79 Å². The molecule has 3 heterocycles.